The van der Waals surface area contributed by atoms with Gasteiger partial charge in [0.25, 0.3) is 0 Å². The van der Waals surface area contributed by atoms with Crippen LogP contribution < -0.4 is 5.32 Å². The fourth-order valence-electron chi connectivity index (χ4n) is 1.52. The summed E-state index contributed by atoms with van der Waals surface area (Å²) in [6.45, 7) is 2.67. The normalized spacial score (nSPS) is 12.7. The smallest absolute Gasteiger partial charge is 0.120 e. The van der Waals surface area contributed by atoms with Crippen LogP contribution in [-0.4, -0.2) is 23.4 Å². The molecule has 3 N–H and O–H groups in total. The van der Waals surface area contributed by atoms with Crippen LogP contribution in [0, 0.1) is 0 Å². The highest BCUT2D eigenvalue weighted by Crippen LogP contribution is 2.29. The third-order valence-corrected chi connectivity index (χ3v) is 2.77. The number of halogens is 1. The Hall–Kier alpha value is -0.580. The molecule has 1 unspecified atom stereocenters. The Labute approximate surface area is 98.3 Å². The summed E-state index contributed by atoms with van der Waals surface area (Å²) in [5, 5.41) is 21.6. The highest BCUT2D eigenvalue weighted by molar-refractivity contribution is 9.10. The molecule has 0 amide bonds. The molecule has 1 aromatic rings. The highest BCUT2D eigenvalue weighted by Gasteiger charge is 2.12. The van der Waals surface area contributed by atoms with Gasteiger partial charge in [-0.25, -0.2) is 0 Å². The molecular weight excluding hydrogens is 258 g/mol. The second kappa shape index (κ2) is 6.10. The standard InChI is InChI=1S/C11H16BrNO2/c1-2-10(13-5-6-14)9-7-8(12)3-4-11(9)15/h3-4,7,10,13-15H,2,5-6H2,1H3. The van der Waals surface area contributed by atoms with E-state index in [0.717, 1.165) is 16.5 Å². The first kappa shape index (κ1) is 12.5. The van der Waals surface area contributed by atoms with E-state index in [1.54, 1.807) is 12.1 Å². The molecule has 84 valence electrons. The Balaban J connectivity index is 2.85. The molecule has 0 saturated heterocycles. The minimum Gasteiger partial charge on any atom is -0.508 e. The topological polar surface area (TPSA) is 52.5 Å². The summed E-state index contributed by atoms with van der Waals surface area (Å²) in [4.78, 5) is 0. The van der Waals surface area contributed by atoms with E-state index in [9.17, 15) is 5.11 Å². The van der Waals surface area contributed by atoms with Gasteiger partial charge in [-0.3, -0.25) is 0 Å². The van der Waals surface area contributed by atoms with Crippen molar-refractivity contribution in [2.24, 2.45) is 0 Å². The zero-order chi connectivity index (χ0) is 11.3. The zero-order valence-electron chi connectivity index (χ0n) is 8.70. The maximum atomic E-state index is 9.71. The summed E-state index contributed by atoms with van der Waals surface area (Å²) < 4.78 is 0.944. The van der Waals surface area contributed by atoms with Gasteiger partial charge in [-0.05, 0) is 24.6 Å². The van der Waals surface area contributed by atoms with Crippen molar-refractivity contribution in [3.63, 3.8) is 0 Å². The number of aliphatic hydroxyl groups is 1. The van der Waals surface area contributed by atoms with E-state index in [2.05, 4.69) is 21.2 Å². The van der Waals surface area contributed by atoms with Gasteiger partial charge in [0.1, 0.15) is 5.75 Å². The molecule has 0 aliphatic heterocycles. The van der Waals surface area contributed by atoms with Crippen molar-refractivity contribution in [2.45, 2.75) is 19.4 Å². The van der Waals surface area contributed by atoms with Gasteiger partial charge in [-0.2, -0.15) is 0 Å². The number of phenols is 1. The lowest BCUT2D eigenvalue weighted by Crippen LogP contribution is -2.24. The molecule has 0 aliphatic carbocycles. The van der Waals surface area contributed by atoms with Crippen molar-refractivity contribution < 1.29 is 10.2 Å². The third kappa shape index (κ3) is 3.48. The lowest BCUT2D eigenvalue weighted by molar-refractivity contribution is 0.282. The van der Waals surface area contributed by atoms with Gasteiger partial charge < -0.3 is 15.5 Å². The monoisotopic (exact) mass is 273 g/mol. The lowest BCUT2D eigenvalue weighted by Gasteiger charge is -2.18. The van der Waals surface area contributed by atoms with Gasteiger partial charge in [0.05, 0.1) is 6.61 Å². The van der Waals surface area contributed by atoms with Gasteiger partial charge >= 0.3 is 0 Å². The molecule has 0 radical (unpaired) electrons. The highest BCUT2D eigenvalue weighted by atomic mass is 79.9. The van der Waals surface area contributed by atoms with Crippen molar-refractivity contribution >= 4 is 15.9 Å². The van der Waals surface area contributed by atoms with Crippen LogP contribution in [0.25, 0.3) is 0 Å². The molecule has 0 bridgehead atoms. The van der Waals surface area contributed by atoms with Crippen LogP contribution in [0.15, 0.2) is 22.7 Å². The molecule has 1 aromatic carbocycles. The van der Waals surface area contributed by atoms with Gasteiger partial charge in [-0.15, -0.1) is 0 Å². The average Bonchev–Trinajstić information content (AvgIpc) is 2.24. The number of nitrogens with one attached hydrogen (secondary N) is 1. The van der Waals surface area contributed by atoms with Crippen LogP contribution in [-0.2, 0) is 0 Å². The summed E-state index contributed by atoms with van der Waals surface area (Å²) in [6, 6.07) is 5.45. The molecule has 0 saturated carbocycles. The number of aromatic hydroxyl groups is 1. The number of phenolic OH excluding ortho intramolecular Hbond substituents is 1. The van der Waals surface area contributed by atoms with Crippen LogP contribution in [0.4, 0.5) is 0 Å². The van der Waals surface area contributed by atoms with E-state index < -0.39 is 0 Å². The molecule has 0 heterocycles. The number of benzene rings is 1. The summed E-state index contributed by atoms with van der Waals surface area (Å²) in [6.07, 6.45) is 0.865. The molecule has 0 aliphatic rings. The molecule has 0 spiro atoms. The SMILES string of the molecule is CCC(NCCO)c1cc(Br)ccc1O. The van der Waals surface area contributed by atoms with Gasteiger partial charge in [0, 0.05) is 22.6 Å². The quantitative estimate of drug-likeness (QED) is 0.771. The second-order valence-corrected chi connectivity index (χ2v) is 4.26. The average molecular weight is 274 g/mol. The Kier molecular flexibility index (Phi) is 5.08. The first-order valence-electron chi connectivity index (χ1n) is 5.01. The van der Waals surface area contributed by atoms with E-state index in [4.69, 9.17) is 5.11 Å². The first-order valence-corrected chi connectivity index (χ1v) is 5.81. The predicted molar refractivity (Wildman–Crippen MR) is 63.9 cm³/mol. The Morgan fingerprint density at radius 2 is 2.20 bits per heavy atom. The van der Waals surface area contributed by atoms with Crippen LogP contribution in [0.3, 0.4) is 0 Å². The molecule has 0 fully saturated rings. The Bertz CT molecular complexity index is 317. The minimum absolute atomic E-state index is 0.0784. The van der Waals surface area contributed by atoms with Crippen molar-refractivity contribution in [1.29, 1.82) is 0 Å². The van der Waals surface area contributed by atoms with Crippen LogP contribution in [0.1, 0.15) is 24.9 Å². The molecule has 15 heavy (non-hydrogen) atoms. The second-order valence-electron chi connectivity index (χ2n) is 3.34. The van der Waals surface area contributed by atoms with Crippen LogP contribution in [0.5, 0.6) is 5.75 Å². The van der Waals surface area contributed by atoms with Crippen molar-refractivity contribution in [2.75, 3.05) is 13.2 Å². The van der Waals surface area contributed by atoms with E-state index in [-0.39, 0.29) is 18.4 Å². The van der Waals surface area contributed by atoms with Gasteiger partial charge in [0.2, 0.25) is 0 Å². The van der Waals surface area contributed by atoms with Crippen LogP contribution in [0.2, 0.25) is 0 Å². The summed E-state index contributed by atoms with van der Waals surface area (Å²) in [5.41, 5.74) is 0.861. The van der Waals surface area contributed by atoms with E-state index >= 15 is 0 Å². The van der Waals surface area contributed by atoms with Crippen molar-refractivity contribution in [3.05, 3.63) is 28.2 Å². The van der Waals surface area contributed by atoms with E-state index in [0.29, 0.717) is 6.54 Å². The van der Waals surface area contributed by atoms with Crippen molar-refractivity contribution in [1.82, 2.24) is 5.32 Å². The molecule has 0 aromatic heterocycles. The summed E-state index contributed by atoms with van der Waals surface area (Å²) >= 11 is 3.37. The zero-order valence-corrected chi connectivity index (χ0v) is 10.3. The minimum atomic E-state index is 0.0784. The fraction of sp³-hybridized carbons (Fsp3) is 0.455. The Morgan fingerprint density at radius 3 is 2.80 bits per heavy atom. The van der Waals surface area contributed by atoms with Crippen LogP contribution >= 0.6 is 15.9 Å². The summed E-state index contributed by atoms with van der Waals surface area (Å²) in [5.74, 6) is 0.287. The third-order valence-electron chi connectivity index (χ3n) is 2.28. The number of aliphatic hydroxyl groups excluding tert-OH is 1. The number of rotatable bonds is 5. The predicted octanol–water partition coefficient (Wildman–Crippen LogP) is 2.19. The molecule has 4 heteroatoms. The van der Waals surface area contributed by atoms with E-state index in [1.807, 2.05) is 13.0 Å². The fourth-order valence-corrected chi connectivity index (χ4v) is 1.90. The lowest BCUT2D eigenvalue weighted by atomic mass is 10.0. The number of hydrogen-bond acceptors (Lipinski definition) is 3. The maximum Gasteiger partial charge on any atom is 0.120 e. The number of hydrogen-bond donors (Lipinski definition) is 3. The van der Waals surface area contributed by atoms with Crippen molar-refractivity contribution in [3.8, 4) is 5.75 Å². The maximum absolute atomic E-state index is 9.71. The molecule has 1 rings (SSSR count). The first-order chi connectivity index (χ1) is 7.19. The molecule has 3 nitrogen and oxygen atoms in total. The Morgan fingerprint density at radius 1 is 1.47 bits per heavy atom. The van der Waals surface area contributed by atoms with Gasteiger partial charge in [-0.1, -0.05) is 22.9 Å². The molecule has 1 atom stereocenters. The van der Waals surface area contributed by atoms with E-state index in [1.165, 1.54) is 0 Å². The molecular formula is C11H16BrNO2. The largest absolute Gasteiger partial charge is 0.508 e. The van der Waals surface area contributed by atoms with Gasteiger partial charge in [0.15, 0.2) is 0 Å². The summed E-state index contributed by atoms with van der Waals surface area (Å²) in [7, 11) is 0.